The zero-order chi connectivity index (χ0) is 14.9. The van der Waals surface area contributed by atoms with Gasteiger partial charge in [-0.15, -0.1) is 0 Å². The van der Waals surface area contributed by atoms with Crippen molar-refractivity contribution in [1.29, 1.82) is 0 Å². The number of hydrogen-bond acceptors (Lipinski definition) is 4. The summed E-state index contributed by atoms with van der Waals surface area (Å²) in [6.07, 6.45) is 2.60. The molecule has 0 atom stereocenters. The van der Waals surface area contributed by atoms with Crippen LogP contribution in [0.3, 0.4) is 0 Å². The Balaban J connectivity index is 2.29. The zero-order valence-electron chi connectivity index (χ0n) is 11.5. The number of hydrogen-bond donors (Lipinski definition) is 0. The van der Waals surface area contributed by atoms with Crippen LogP contribution in [-0.4, -0.2) is 27.0 Å². The van der Waals surface area contributed by atoms with E-state index in [1.54, 1.807) is 23.1 Å². The van der Waals surface area contributed by atoms with E-state index in [9.17, 15) is 9.59 Å². The summed E-state index contributed by atoms with van der Waals surface area (Å²) in [6, 6.07) is 7.08. The Kier molecular flexibility index (Phi) is 4.11. The predicted octanol–water partition coefficient (Wildman–Crippen LogP) is 3.50. The molecule has 2 rings (SSSR count). The van der Waals surface area contributed by atoms with Gasteiger partial charge >= 0.3 is 0 Å². The van der Waals surface area contributed by atoms with E-state index in [0.717, 1.165) is 11.8 Å². The molecule has 1 aromatic carbocycles. The second-order valence-corrected chi connectivity index (χ2v) is 7.15. The van der Waals surface area contributed by atoms with Crippen molar-refractivity contribution >= 4 is 46.6 Å². The van der Waals surface area contributed by atoms with Crippen LogP contribution in [0.4, 0.5) is 0 Å². The van der Waals surface area contributed by atoms with E-state index < -0.39 is 0 Å². The fourth-order valence-electron chi connectivity index (χ4n) is 1.87. The summed E-state index contributed by atoms with van der Waals surface area (Å²) in [5, 5.41) is 0. The highest BCUT2D eigenvalue weighted by Gasteiger charge is 2.38. The number of carbonyl (C=O) groups is 2. The molecule has 1 fully saturated rings. The summed E-state index contributed by atoms with van der Waals surface area (Å²) in [4.78, 5) is 25.2. The minimum atomic E-state index is -0.321. The van der Waals surface area contributed by atoms with Crippen molar-refractivity contribution in [3.8, 4) is 0 Å². The maximum atomic E-state index is 12.4. The first kappa shape index (κ1) is 14.9. The number of nitrogens with zero attached hydrogens (tertiary/aromatic N) is 1. The molecule has 20 heavy (non-hydrogen) atoms. The molecule has 0 aromatic heterocycles. The number of rotatable bonds is 2. The molecule has 1 amide bonds. The van der Waals surface area contributed by atoms with E-state index in [0.29, 0.717) is 14.8 Å². The molecule has 0 N–H and O–H groups in total. The number of amides is 1. The summed E-state index contributed by atoms with van der Waals surface area (Å²) >= 11 is 6.59. The molecular formula is C15H15NO2S2. The average Bonchev–Trinajstić information content (AvgIpc) is 2.64. The van der Waals surface area contributed by atoms with Crippen molar-refractivity contribution in [2.24, 2.45) is 0 Å². The molecular weight excluding hydrogens is 290 g/mol. The fourth-order valence-corrected chi connectivity index (χ4v) is 3.50. The topological polar surface area (TPSA) is 37.4 Å². The predicted molar refractivity (Wildman–Crippen MR) is 86.6 cm³/mol. The standard InChI is InChI=1S/C15H15NO2S2/c1-15(2,3)16-13(18)12(20-14(16)19)8-10-4-6-11(9-17)7-5-10/h4-9H,1-3H3. The highest BCUT2D eigenvalue weighted by Crippen LogP contribution is 2.36. The molecule has 3 nitrogen and oxygen atoms in total. The van der Waals surface area contributed by atoms with Crippen molar-refractivity contribution in [3.05, 3.63) is 40.3 Å². The van der Waals surface area contributed by atoms with Crippen LogP contribution in [0.15, 0.2) is 29.2 Å². The van der Waals surface area contributed by atoms with Crippen molar-refractivity contribution < 1.29 is 9.59 Å². The smallest absolute Gasteiger partial charge is 0.266 e. The molecule has 0 bridgehead atoms. The highest BCUT2D eigenvalue weighted by atomic mass is 32.2. The molecule has 0 radical (unpaired) electrons. The van der Waals surface area contributed by atoms with E-state index in [1.165, 1.54) is 11.8 Å². The molecule has 1 aliphatic heterocycles. The van der Waals surface area contributed by atoms with Gasteiger partial charge in [0.15, 0.2) is 0 Å². The van der Waals surface area contributed by atoms with Gasteiger partial charge in [0.25, 0.3) is 5.91 Å². The Labute approximate surface area is 128 Å². The lowest BCUT2D eigenvalue weighted by Gasteiger charge is -2.30. The quantitative estimate of drug-likeness (QED) is 0.476. The van der Waals surface area contributed by atoms with Crippen LogP contribution >= 0.6 is 24.0 Å². The van der Waals surface area contributed by atoms with Crippen LogP contribution in [0.1, 0.15) is 36.7 Å². The van der Waals surface area contributed by atoms with Gasteiger partial charge in [0.05, 0.1) is 4.91 Å². The van der Waals surface area contributed by atoms with Crippen molar-refractivity contribution in [2.75, 3.05) is 0 Å². The molecule has 1 heterocycles. The molecule has 0 spiro atoms. The fraction of sp³-hybridized carbons (Fsp3) is 0.267. The first-order chi connectivity index (χ1) is 9.32. The van der Waals surface area contributed by atoms with Crippen LogP contribution in [0.25, 0.3) is 6.08 Å². The van der Waals surface area contributed by atoms with Crippen molar-refractivity contribution in [1.82, 2.24) is 4.90 Å². The van der Waals surface area contributed by atoms with Gasteiger partial charge in [-0.05, 0) is 32.4 Å². The van der Waals surface area contributed by atoms with Crippen LogP contribution in [0, 0.1) is 0 Å². The third-order valence-electron chi connectivity index (χ3n) is 2.83. The second kappa shape index (κ2) is 5.50. The van der Waals surface area contributed by atoms with E-state index in [4.69, 9.17) is 12.2 Å². The summed E-state index contributed by atoms with van der Waals surface area (Å²) in [5.74, 6) is -0.0630. The molecule has 1 saturated heterocycles. The van der Waals surface area contributed by atoms with Crippen LogP contribution in [0.5, 0.6) is 0 Å². The normalized spacial score (nSPS) is 17.9. The van der Waals surface area contributed by atoms with Crippen molar-refractivity contribution in [3.63, 3.8) is 0 Å². The molecule has 0 unspecified atom stereocenters. The van der Waals surface area contributed by atoms with E-state index in [-0.39, 0.29) is 11.4 Å². The van der Waals surface area contributed by atoms with Gasteiger partial charge in [-0.3, -0.25) is 14.5 Å². The van der Waals surface area contributed by atoms with E-state index in [2.05, 4.69) is 0 Å². The zero-order valence-corrected chi connectivity index (χ0v) is 13.2. The Morgan fingerprint density at radius 1 is 1.15 bits per heavy atom. The van der Waals surface area contributed by atoms with Gasteiger partial charge in [-0.25, -0.2) is 0 Å². The highest BCUT2D eigenvalue weighted by molar-refractivity contribution is 8.26. The summed E-state index contributed by atoms with van der Waals surface area (Å²) in [7, 11) is 0. The molecule has 0 saturated carbocycles. The summed E-state index contributed by atoms with van der Waals surface area (Å²) < 4.78 is 0.582. The summed E-state index contributed by atoms with van der Waals surface area (Å²) in [6.45, 7) is 5.87. The van der Waals surface area contributed by atoms with Gasteiger partial charge in [0.2, 0.25) is 0 Å². The average molecular weight is 305 g/mol. The Morgan fingerprint density at radius 3 is 2.15 bits per heavy atom. The van der Waals surface area contributed by atoms with E-state index in [1.807, 2.05) is 32.9 Å². The number of benzene rings is 1. The van der Waals surface area contributed by atoms with Crippen LogP contribution in [-0.2, 0) is 4.79 Å². The molecule has 5 heteroatoms. The maximum absolute atomic E-state index is 12.4. The number of thiocarbonyl (C=S) groups is 1. The second-order valence-electron chi connectivity index (χ2n) is 5.47. The lowest BCUT2D eigenvalue weighted by Crippen LogP contribution is -2.44. The number of thioether (sulfide) groups is 1. The lowest BCUT2D eigenvalue weighted by atomic mass is 10.1. The van der Waals surface area contributed by atoms with Gasteiger partial charge in [-0.2, -0.15) is 0 Å². The minimum Gasteiger partial charge on any atom is -0.298 e. The summed E-state index contributed by atoms with van der Waals surface area (Å²) in [5.41, 5.74) is 1.17. The Bertz CT molecular complexity index is 597. The third kappa shape index (κ3) is 2.99. The van der Waals surface area contributed by atoms with Gasteiger partial charge < -0.3 is 0 Å². The first-order valence-electron chi connectivity index (χ1n) is 6.16. The minimum absolute atomic E-state index is 0.0630. The molecule has 0 aliphatic carbocycles. The maximum Gasteiger partial charge on any atom is 0.266 e. The molecule has 104 valence electrons. The van der Waals surface area contributed by atoms with Gasteiger partial charge in [0.1, 0.15) is 10.6 Å². The van der Waals surface area contributed by atoms with Crippen LogP contribution in [0.2, 0.25) is 0 Å². The Morgan fingerprint density at radius 2 is 1.70 bits per heavy atom. The molecule has 1 aliphatic rings. The first-order valence-corrected chi connectivity index (χ1v) is 7.39. The van der Waals surface area contributed by atoms with E-state index >= 15 is 0 Å². The monoisotopic (exact) mass is 305 g/mol. The van der Waals surface area contributed by atoms with Gasteiger partial charge in [-0.1, -0.05) is 48.2 Å². The van der Waals surface area contributed by atoms with Gasteiger partial charge in [0, 0.05) is 11.1 Å². The Hall–Kier alpha value is -1.46. The molecule has 1 aromatic rings. The number of aldehydes is 1. The van der Waals surface area contributed by atoms with Crippen molar-refractivity contribution in [2.45, 2.75) is 26.3 Å². The van der Waals surface area contributed by atoms with Crippen LogP contribution < -0.4 is 0 Å². The number of carbonyl (C=O) groups excluding carboxylic acids is 2. The third-order valence-corrected chi connectivity index (χ3v) is 4.14. The largest absolute Gasteiger partial charge is 0.298 e. The lowest BCUT2D eigenvalue weighted by molar-refractivity contribution is -0.125. The SMILES string of the molecule is CC(C)(C)N1C(=O)C(=Cc2ccc(C=O)cc2)SC1=S.